The number of carbonyl (C=O) groups is 1. The second-order valence-electron chi connectivity index (χ2n) is 7.45. The molecule has 2 aliphatic rings. The molecule has 1 unspecified atom stereocenters. The summed E-state index contributed by atoms with van der Waals surface area (Å²) in [5.74, 6) is 0.133. The van der Waals surface area contributed by atoms with Crippen LogP contribution in [0.1, 0.15) is 24.8 Å². The van der Waals surface area contributed by atoms with Gasteiger partial charge in [0, 0.05) is 58.1 Å². The molecule has 2 aliphatic heterocycles. The van der Waals surface area contributed by atoms with Gasteiger partial charge in [0.1, 0.15) is 0 Å². The molecule has 1 aromatic carbocycles. The van der Waals surface area contributed by atoms with Crippen molar-refractivity contribution in [3.05, 3.63) is 29.8 Å². The molecular formula is C20H28F3N3O2. The summed E-state index contributed by atoms with van der Waals surface area (Å²) in [6.07, 6.45) is -1.87. The summed E-state index contributed by atoms with van der Waals surface area (Å²) in [4.78, 5) is 18.6. The van der Waals surface area contributed by atoms with Crippen molar-refractivity contribution in [1.82, 2.24) is 9.80 Å². The van der Waals surface area contributed by atoms with E-state index < -0.39 is 11.7 Å². The van der Waals surface area contributed by atoms with E-state index in [-0.39, 0.29) is 5.91 Å². The lowest BCUT2D eigenvalue weighted by molar-refractivity contribution is -0.137. The lowest BCUT2D eigenvalue weighted by Gasteiger charge is -2.44. The highest BCUT2D eigenvalue weighted by Gasteiger charge is 2.32. The predicted molar refractivity (Wildman–Crippen MR) is 101 cm³/mol. The Balaban J connectivity index is 1.54. The molecule has 2 saturated heterocycles. The summed E-state index contributed by atoms with van der Waals surface area (Å²) in [6.45, 7) is 4.93. The van der Waals surface area contributed by atoms with Crippen molar-refractivity contribution in [1.29, 1.82) is 0 Å². The van der Waals surface area contributed by atoms with Gasteiger partial charge in [0.05, 0.1) is 18.6 Å². The van der Waals surface area contributed by atoms with Crippen LogP contribution in [0.15, 0.2) is 24.3 Å². The Bertz CT molecular complexity index is 660. The van der Waals surface area contributed by atoms with Gasteiger partial charge in [0.25, 0.3) is 0 Å². The lowest BCUT2D eigenvalue weighted by atomic mass is 10.0. The Morgan fingerprint density at radius 3 is 2.61 bits per heavy atom. The molecule has 0 aromatic heterocycles. The standard InChI is InChI=1S/C20H28F3N3O2/c1-28-13-7-19(27)26-8-3-6-18(15-26)25-11-9-24(10-12-25)17-5-2-4-16(14-17)20(21,22)23/h2,4-5,14,18H,3,6-13,15H2,1H3. The van der Waals surface area contributed by atoms with E-state index >= 15 is 0 Å². The number of hydrogen-bond acceptors (Lipinski definition) is 4. The molecule has 1 atom stereocenters. The minimum Gasteiger partial charge on any atom is -0.384 e. The van der Waals surface area contributed by atoms with Crippen molar-refractivity contribution in [2.24, 2.45) is 0 Å². The van der Waals surface area contributed by atoms with Crippen LogP contribution in [-0.4, -0.2) is 74.7 Å². The number of piperazine rings is 1. The number of ether oxygens (including phenoxy) is 1. The molecule has 3 rings (SSSR count). The third-order valence-electron chi connectivity index (χ3n) is 5.64. The second kappa shape index (κ2) is 9.13. The van der Waals surface area contributed by atoms with Crippen LogP contribution in [-0.2, 0) is 15.7 Å². The van der Waals surface area contributed by atoms with E-state index in [2.05, 4.69) is 4.90 Å². The van der Waals surface area contributed by atoms with Crippen LogP contribution < -0.4 is 4.90 Å². The zero-order valence-electron chi connectivity index (χ0n) is 16.2. The van der Waals surface area contributed by atoms with E-state index in [9.17, 15) is 18.0 Å². The van der Waals surface area contributed by atoms with E-state index in [1.54, 1.807) is 13.2 Å². The Labute approximate surface area is 164 Å². The molecule has 8 heteroatoms. The third-order valence-corrected chi connectivity index (χ3v) is 5.64. The molecule has 2 fully saturated rings. The molecule has 1 aromatic rings. The number of rotatable bonds is 5. The second-order valence-corrected chi connectivity index (χ2v) is 7.45. The SMILES string of the molecule is COCCC(=O)N1CCCC(N2CCN(c3cccc(C(F)(F)F)c3)CC2)C1. The van der Waals surface area contributed by atoms with Gasteiger partial charge in [-0.15, -0.1) is 0 Å². The Kier molecular flexibility index (Phi) is 6.82. The van der Waals surface area contributed by atoms with E-state index in [0.717, 1.165) is 45.1 Å². The van der Waals surface area contributed by atoms with Gasteiger partial charge in [0.2, 0.25) is 5.91 Å². The summed E-state index contributed by atoms with van der Waals surface area (Å²) in [6, 6.07) is 5.87. The minimum atomic E-state index is -4.32. The number of carbonyl (C=O) groups excluding carboxylic acids is 1. The number of nitrogens with zero attached hydrogens (tertiary/aromatic N) is 3. The fraction of sp³-hybridized carbons (Fsp3) is 0.650. The number of halogens is 3. The average molecular weight is 399 g/mol. The molecule has 156 valence electrons. The number of alkyl halides is 3. The Morgan fingerprint density at radius 1 is 1.18 bits per heavy atom. The molecule has 0 aliphatic carbocycles. The summed E-state index contributed by atoms with van der Waals surface area (Å²) in [5, 5.41) is 0. The van der Waals surface area contributed by atoms with Gasteiger partial charge in [-0.25, -0.2) is 0 Å². The number of anilines is 1. The maximum Gasteiger partial charge on any atom is 0.416 e. The molecular weight excluding hydrogens is 371 g/mol. The monoisotopic (exact) mass is 399 g/mol. The van der Waals surface area contributed by atoms with Crippen LogP contribution in [0.25, 0.3) is 0 Å². The lowest BCUT2D eigenvalue weighted by Crippen LogP contribution is -2.56. The van der Waals surface area contributed by atoms with Crippen LogP contribution in [0.4, 0.5) is 18.9 Å². The molecule has 1 amide bonds. The topological polar surface area (TPSA) is 36.0 Å². The first-order valence-electron chi connectivity index (χ1n) is 9.81. The van der Waals surface area contributed by atoms with E-state index in [0.29, 0.717) is 37.8 Å². The largest absolute Gasteiger partial charge is 0.416 e. The van der Waals surface area contributed by atoms with Crippen molar-refractivity contribution < 1.29 is 22.7 Å². The summed E-state index contributed by atoms with van der Waals surface area (Å²) in [5.41, 5.74) is 0.0133. The first-order chi connectivity index (χ1) is 13.4. The number of methoxy groups -OCH3 is 1. The summed E-state index contributed by atoms with van der Waals surface area (Å²) >= 11 is 0. The molecule has 5 nitrogen and oxygen atoms in total. The van der Waals surface area contributed by atoms with E-state index in [1.807, 2.05) is 9.80 Å². The molecule has 2 heterocycles. The zero-order valence-corrected chi connectivity index (χ0v) is 16.2. The highest BCUT2D eigenvalue weighted by molar-refractivity contribution is 5.76. The maximum absolute atomic E-state index is 13.0. The van der Waals surface area contributed by atoms with Crippen LogP contribution in [0, 0.1) is 0 Å². The summed E-state index contributed by atoms with van der Waals surface area (Å²) < 4.78 is 43.9. The van der Waals surface area contributed by atoms with Crippen LogP contribution in [0.2, 0.25) is 0 Å². The van der Waals surface area contributed by atoms with Gasteiger partial charge < -0.3 is 14.5 Å². The molecule has 0 N–H and O–H groups in total. The van der Waals surface area contributed by atoms with Gasteiger partial charge in [-0.1, -0.05) is 6.07 Å². The number of likely N-dealkylation sites (tertiary alicyclic amines) is 1. The van der Waals surface area contributed by atoms with Crippen LogP contribution in [0.3, 0.4) is 0 Å². The molecule has 0 saturated carbocycles. The number of hydrogen-bond donors (Lipinski definition) is 0. The Hall–Kier alpha value is -1.80. The molecule has 0 radical (unpaired) electrons. The van der Waals surface area contributed by atoms with Gasteiger partial charge in [-0.3, -0.25) is 9.69 Å². The number of piperidine rings is 1. The highest BCUT2D eigenvalue weighted by atomic mass is 19.4. The Morgan fingerprint density at radius 2 is 1.93 bits per heavy atom. The minimum absolute atomic E-state index is 0.133. The third kappa shape index (κ3) is 5.17. The van der Waals surface area contributed by atoms with Crippen molar-refractivity contribution >= 4 is 11.6 Å². The van der Waals surface area contributed by atoms with Crippen LogP contribution in [0.5, 0.6) is 0 Å². The molecule has 0 spiro atoms. The van der Waals surface area contributed by atoms with Gasteiger partial charge >= 0.3 is 6.18 Å². The van der Waals surface area contributed by atoms with Crippen molar-refractivity contribution in [2.75, 3.05) is 57.9 Å². The van der Waals surface area contributed by atoms with Crippen molar-refractivity contribution in [3.8, 4) is 0 Å². The maximum atomic E-state index is 13.0. The normalized spacial score (nSPS) is 21.8. The quantitative estimate of drug-likeness (QED) is 0.763. The van der Waals surface area contributed by atoms with Gasteiger partial charge in [0.15, 0.2) is 0 Å². The van der Waals surface area contributed by atoms with Crippen molar-refractivity contribution in [2.45, 2.75) is 31.5 Å². The van der Waals surface area contributed by atoms with Gasteiger partial charge in [-0.2, -0.15) is 13.2 Å². The first-order valence-corrected chi connectivity index (χ1v) is 9.81. The fourth-order valence-electron chi connectivity index (χ4n) is 4.05. The van der Waals surface area contributed by atoms with E-state index in [4.69, 9.17) is 4.74 Å². The number of benzene rings is 1. The van der Waals surface area contributed by atoms with Crippen LogP contribution >= 0.6 is 0 Å². The number of amides is 1. The summed E-state index contributed by atoms with van der Waals surface area (Å²) in [7, 11) is 1.59. The fourth-order valence-corrected chi connectivity index (χ4v) is 4.05. The van der Waals surface area contributed by atoms with E-state index in [1.165, 1.54) is 12.1 Å². The zero-order chi connectivity index (χ0) is 20.1. The molecule has 0 bridgehead atoms. The smallest absolute Gasteiger partial charge is 0.384 e. The highest BCUT2D eigenvalue weighted by Crippen LogP contribution is 2.32. The van der Waals surface area contributed by atoms with Gasteiger partial charge in [-0.05, 0) is 31.0 Å². The van der Waals surface area contributed by atoms with Crippen molar-refractivity contribution in [3.63, 3.8) is 0 Å². The first kappa shape index (κ1) is 20.9. The predicted octanol–water partition coefficient (Wildman–Crippen LogP) is 2.85. The average Bonchev–Trinajstić information content (AvgIpc) is 2.71. The molecule has 28 heavy (non-hydrogen) atoms.